The first-order valence-electron chi connectivity index (χ1n) is 5.11. The van der Waals surface area contributed by atoms with Crippen LogP contribution in [0.25, 0.3) is 11.3 Å². The van der Waals surface area contributed by atoms with E-state index in [0.717, 1.165) is 17.0 Å². The van der Waals surface area contributed by atoms with Crippen LogP contribution >= 0.6 is 0 Å². The van der Waals surface area contributed by atoms with Crippen molar-refractivity contribution < 1.29 is 0 Å². The van der Waals surface area contributed by atoms with Crippen LogP contribution in [0.4, 0.5) is 0 Å². The van der Waals surface area contributed by atoms with Gasteiger partial charge in [0.15, 0.2) is 0 Å². The molecule has 0 atom stereocenters. The molecular formula is C13H13N3. The summed E-state index contributed by atoms with van der Waals surface area (Å²) in [5.41, 5.74) is 8.59. The van der Waals surface area contributed by atoms with Crippen molar-refractivity contribution in [1.82, 2.24) is 9.78 Å². The molecule has 0 amide bonds. The molecule has 3 heteroatoms. The second-order valence-electron chi connectivity index (χ2n) is 3.45. The molecule has 0 fully saturated rings. The van der Waals surface area contributed by atoms with Crippen molar-refractivity contribution in [3.05, 3.63) is 42.1 Å². The summed E-state index contributed by atoms with van der Waals surface area (Å²) in [6, 6.07) is 12.0. The molecule has 0 bridgehead atoms. The number of hydrogen-bond donors (Lipinski definition) is 1. The van der Waals surface area contributed by atoms with Crippen molar-refractivity contribution in [1.29, 1.82) is 0 Å². The zero-order chi connectivity index (χ0) is 11.4. The summed E-state index contributed by atoms with van der Waals surface area (Å²) in [7, 11) is 0. The molecular weight excluding hydrogens is 198 g/mol. The molecule has 2 N–H and O–H groups in total. The second kappa shape index (κ2) is 4.65. The van der Waals surface area contributed by atoms with E-state index in [0.29, 0.717) is 13.1 Å². The lowest BCUT2D eigenvalue weighted by Gasteiger charge is -1.98. The van der Waals surface area contributed by atoms with Gasteiger partial charge < -0.3 is 5.73 Å². The lowest BCUT2D eigenvalue weighted by Crippen LogP contribution is -2.07. The SMILES string of the molecule is C#CCn1nc(-c2ccccc2)cc1CN. The van der Waals surface area contributed by atoms with Crippen LogP contribution in [0.3, 0.4) is 0 Å². The minimum atomic E-state index is 0.446. The molecule has 0 aliphatic carbocycles. The zero-order valence-corrected chi connectivity index (χ0v) is 8.93. The van der Waals surface area contributed by atoms with Crippen LogP contribution in [0, 0.1) is 12.3 Å². The van der Waals surface area contributed by atoms with E-state index in [9.17, 15) is 0 Å². The Bertz CT molecular complexity index is 506. The smallest absolute Gasteiger partial charge is 0.102 e. The topological polar surface area (TPSA) is 43.8 Å². The van der Waals surface area contributed by atoms with E-state index in [-0.39, 0.29) is 0 Å². The summed E-state index contributed by atoms with van der Waals surface area (Å²) in [6.07, 6.45) is 5.28. The molecule has 1 heterocycles. The Hall–Kier alpha value is -2.05. The first-order valence-corrected chi connectivity index (χ1v) is 5.11. The zero-order valence-electron chi connectivity index (χ0n) is 8.93. The fourth-order valence-corrected chi connectivity index (χ4v) is 1.59. The second-order valence-corrected chi connectivity index (χ2v) is 3.45. The minimum Gasteiger partial charge on any atom is -0.325 e. The molecule has 16 heavy (non-hydrogen) atoms. The van der Waals surface area contributed by atoms with Crippen LogP contribution in [-0.4, -0.2) is 9.78 Å². The number of rotatable bonds is 3. The Balaban J connectivity index is 2.41. The van der Waals surface area contributed by atoms with Gasteiger partial charge in [-0.05, 0) is 6.07 Å². The Morgan fingerprint density at radius 3 is 2.69 bits per heavy atom. The van der Waals surface area contributed by atoms with Crippen LogP contribution in [0.15, 0.2) is 36.4 Å². The van der Waals surface area contributed by atoms with Crippen molar-refractivity contribution in [3.8, 4) is 23.6 Å². The maximum atomic E-state index is 5.64. The summed E-state index contributed by atoms with van der Waals surface area (Å²) in [5.74, 6) is 2.57. The average Bonchev–Trinajstić information content (AvgIpc) is 2.74. The van der Waals surface area contributed by atoms with Crippen LogP contribution in [-0.2, 0) is 13.1 Å². The number of terminal acetylenes is 1. The lowest BCUT2D eigenvalue weighted by molar-refractivity contribution is 0.671. The van der Waals surface area contributed by atoms with Gasteiger partial charge in [-0.3, -0.25) is 4.68 Å². The molecule has 1 aromatic carbocycles. The number of hydrogen-bond acceptors (Lipinski definition) is 2. The summed E-state index contributed by atoms with van der Waals surface area (Å²) in [5, 5.41) is 4.44. The maximum Gasteiger partial charge on any atom is 0.102 e. The number of nitrogens with zero attached hydrogens (tertiary/aromatic N) is 2. The van der Waals surface area contributed by atoms with Gasteiger partial charge in [0.25, 0.3) is 0 Å². The third-order valence-electron chi connectivity index (χ3n) is 2.38. The number of nitrogens with two attached hydrogens (primary N) is 1. The average molecular weight is 211 g/mol. The van der Waals surface area contributed by atoms with Gasteiger partial charge in [-0.1, -0.05) is 36.3 Å². The van der Waals surface area contributed by atoms with Gasteiger partial charge in [0.05, 0.1) is 11.4 Å². The largest absolute Gasteiger partial charge is 0.325 e. The van der Waals surface area contributed by atoms with E-state index in [1.165, 1.54) is 0 Å². The third kappa shape index (κ3) is 1.97. The van der Waals surface area contributed by atoms with E-state index in [2.05, 4.69) is 11.0 Å². The van der Waals surface area contributed by atoms with E-state index in [4.69, 9.17) is 12.2 Å². The summed E-state index contributed by atoms with van der Waals surface area (Å²) in [4.78, 5) is 0. The van der Waals surface area contributed by atoms with Crippen LogP contribution in [0.1, 0.15) is 5.69 Å². The van der Waals surface area contributed by atoms with Crippen molar-refractivity contribution in [2.45, 2.75) is 13.1 Å². The molecule has 0 saturated carbocycles. The van der Waals surface area contributed by atoms with Crippen molar-refractivity contribution in [3.63, 3.8) is 0 Å². The van der Waals surface area contributed by atoms with Crippen LogP contribution in [0.2, 0.25) is 0 Å². The standard InChI is InChI=1S/C13H13N3/c1-2-8-16-12(10-14)9-13(15-16)11-6-4-3-5-7-11/h1,3-7,9H,8,10,14H2. The van der Waals surface area contributed by atoms with Gasteiger partial charge in [0, 0.05) is 12.1 Å². The molecule has 80 valence electrons. The molecule has 3 nitrogen and oxygen atoms in total. The van der Waals surface area contributed by atoms with Gasteiger partial charge >= 0.3 is 0 Å². The normalized spacial score (nSPS) is 10.0. The molecule has 2 aromatic rings. The summed E-state index contributed by atoms with van der Waals surface area (Å²) >= 11 is 0. The fourth-order valence-electron chi connectivity index (χ4n) is 1.59. The third-order valence-corrected chi connectivity index (χ3v) is 2.38. The summed E-state index contributed by atoms with van der Waals surface area (Å²) in [6.45, 7) is 0.904. The van der Waals surface area contributed by atoms with E-state index < -0.39 is 0 Å². The highest BCUT2D eigenvalue weighted by Crippen LogP contribution is 2.18. The fraction of sp³-hybridized carbons (Fsp3) is 0.154. The predicted molar refractivity (Wildman–Crippen MR) is 64.4 cm³/mol. The number of benzene rings is 1. The molecule has 2 rings (SSSR count). The first kappa shape index (κ1) is 10.5. The predicted octanol–water partition coefficient (Wildman–Crippen LogP) is 1.64. The molecule has 0 aliphatic rings. The van der Waals surface area contributed by atoms with Gasteiger partial charge in [0.1, 0.15) is 6.54 Å². The van der Waals surface area contributed by atoms with Crippen LogP contribution in [0.5, 0.6) is 0 Å². The summed E-state index contributed by atoms with van der Waals surface area (Å²) < 4.78 is 1.77. The van der Waals surface area contributed by atoms with E-state index in [1.54, 1.807) is 4.68 Å². The highest BCUT2D eigenvalue weighted by Gasteiger charge is 2.06. The quantitative estimate of drug-likeness (QED) is 0.784. The van der Waals surface area contributed by atoms with Gasteiger partial charge in [-0.15, -0.1) is 6.42 Å². The Kier molecular flexibility index (Phi) is 3.04. The Morgan fingerprint density at radius 2 is 2.06 bits per heavy atom. The molecule has 0 aliphatic heterocycles. The van der Waals surface area contributed by atoms with Crippen molar-refractivity contribution >= 4 is 0 Å². The minimum absolute atomic E-state index is 0.446. The van der Waals surface area contributed by atoms with Crippen molar-refractivity contribution in [2.75, 3.05) is 0 Å². The molecule has 1 aromatic heterocycles. The Morgan fingerprint density at radius 1 is 1.31 bits per heavy atom. The first-order chi connectivity index (χ1) is 7.85. The maximum absolute atomic E-state index is 5.64. The molecule has 0 saturated heterocycles. The van der Waals surface area contributed by atoms with Gasteiger partial charge in [-0.2, -0.15) is 5.10 Å². The van der Waals surface area contributed by atoms with E-state index in [1.807, 2.05) is 36.4 Å². The van der Waals surface area contributed by atoms with Gasteiger partial charge in [-0.25, -0.2) is 0 Å². The number of aromatic nitrogens is 2. The molecule has 0 spiro atoms. The highest BCUT2D eigenvalue weighted by atomic mass is 15.3. The van der Waals surface area contributed by atoms with Gasteiger partial charge in [0.2, 0.25) is 0 Å². The van der Waals surface area contributed by atoms with Crippen LogP contribution < -0.4 is 5.73 Å². The molecule has 0 unspecified atom stereocenters. The lowest BCUT2D eigenvalue weighted by atomic mass is 10.1. The Labute approximate surface area is 94.9 Å². The molecule has 0 radical (unpaired) electrons. The monoisotopic (exact) mass is 211 g/mol. The van der Waals surface area contributed by atoms with E-state index >= 15 is 0 Å². The van der Waals surface area contributed by atoms with Crippen molar-refractivity contribution in [2.24, 2.45) is 5.73 Å². The highest BCUT2D eigenvalue weighted by molar-refractivity contribution is 5.59.